The van der Waals surface area contributed by atoms with E-state index < -0.39 is 41.5 Å². The van der Waals surface area contributed by atoms with Crippen LogP contribution in [0.4, 0.5) is 24.7 Å². The first kappa shape index (κ1) is 25.7. The number of halogens is 3. The molecule has 1 aromatic carbocycles. The van der Waals surface area contributed by atoms with E-state index in [1.165, 1.54) is 0 Å². The van der Waals surface area contributed by atoms with Crippen molar-refractivity contribution in [3.63, 3.8) is 0 Å². The number of hydrogen-bond acceptors (Lipinski definition) is 6. The van der Waals surface area contributed by atoms with Crippen LogP contribution in [-0.4, -0.2) is 34.6 Å². The Hall–Kier alpha value is -3.57. The first-order valence-corrected chi connectivity index (χ1v) is 10.3. The van der Waals surface area contributed by atoms with Gasteiger partial charge in [0.2, 0.25) is 0 Å². The van der Waals surface area contributed by atoms with E-state index in [2.05, 4.69) is 4.98 Å². The first-order chi connectivity index (χ1) is 15.5. The van der Waals surface area contributed by atoms with Crippen LogP contribution in [0.5, 0.6) is 0 Å². The number of nitrogens with two attached hydrogens (primary N) is 1. The first-order valence-electron chi connectivity index (χ1n) is 10.3. The number of carbonyl (C=O) groups excluding carboxylic acids is 2. The maximum atomic E-state index is 12.8. The van der Waals surface area contributed by atoms with E-state index in [4.69, 9.17) is 10.5 Å². The summed E-state index contributed by atoms with van der Waals surface area (Å²) in [7, 11) is 0. The molecule has 0 spiro atoms. The maximum absolute atomic E-state index is 12.8. The summed E-state index contributed by atoms with van der Waals surface area (Å²) in [4.78, 5) is 52.7. The number of anilines is 2. The molecule has 0 radical (unpaired) electrons. The maximum Gasteiger partial charge on any atom is 0.416 e. The van der Waals surface area contributed by atoms with Crippen molar-refractivity contribution in [3.8, 4) is 0 Å². The average molecular weight is 470 g/mol. The molecule has 0 aliphatic carbocycles. The number of unbranched alkanes of at least 4 members (excludes halogenated alkanes) is 1. The van der Waals surface area contributed by atoms with Crippen molar-refractivity contribution >= 4 is 23.4 Å². The van der Waals surface area contributed by atoms with Gasteiger partial charge in [-0.15, -0.1) is 0 Å². The van der Waals surface area contributed by atoms with Crippen LogP contribution in [0.2, 0.25) is 0 Å². The van der Waals surface area contributed by atoms with Crippen molar-refractivity contribution in [1.29, 1.82) is 0 Å². The molecule has 1 heterocycles. The lowest BCUT2D eigenvalue weighted by molar-refractivity contribution is -0.137. The molecule has 1 amide bonds. The number of nitrogen functional groups attached to an aromatic ring is 1. The van der Waals surface area contributed by atoms with E-state index >= 15 is 0 Å². The van der Waals surface area contributed by atoms with Gasteiger partial charge in [-0.25, -0.2) is 9.59 Å². The van der Waals surface area contributed by atoms with E-state index in [0.717, 1.165) is 33.7 Å². The Kier molecular flexibility index (Phi) is 8.44. The summed E-state index contributed by atoms with van der Waals surface area (Å²) < 4.78 is 44.1. The third-order valence-electron chi connectivity index (χ3n) is 4.74. The number of nitrogens with one attached hydrogen (secondary N) is 1. The van der Waals surface area contributed by atoms with Crippen LogP contribution < -0.4 is 21.9 Å². The standard InChI is InChI=1S/C21H25F3N4O5/c1-3-5-11-27(16-17(25)28(10-4-2)20(32)26-18(16)30)15(29)12-33-19(31)13-6-8-14(9-7-13)21(22,23)24/h6-9H,3-5,10-12,25H2,1-2H3,(H,26,30,32). The molecule has 0 bridgehead atoms. The average Bonchev–Trinajstić information content (AvgIpc) is 2.76. The summed E-state index contributed by atoms with van der Waals surface area (Å²) >= 11 is 0. The van der Waals surface area contributed by atoms with Gasteiger partial charge >= 0.3 is 17.8 Å². The van der Waals surface area contributed by atoms with E-state index in [0.29, 0.717) is 19.3 Å². The molecule has 0 saturated carbocycles. The number of alkyl halides is 3. The van der Waals surface area contributed by atoms with Crippen LogP contribution in [0, 0.1) is 0 Å². The van der Waals surface area contributed by atoms with Crippen molar-refractivity contribution in [2.45, 2.75) is 45.8 Å². The van der Waals surface area contributed by atoms with Crippen LogP contribution in [0.15, 0.2) is 33.9 Å². The molecule has 2 rings (SSSR count). The number of amides is 1. The fourth-order valence-corrected chi connectivity index (χ4v) is 3.05. The highest BCUT2D eigenvalue weighted by Crippen LogP contribution is 2.29. The topological polar surface area (TPSA) is 127 Å². The van der Waals surface area contributed by atoms with Crippen molar-refractivity contribution in [2.24, 2.45) is 0 Å². The highest BCUT2D eigenvalue weighted by Gasteiger charge is 2.30. The zero-order valence-corrected chi connectivity index (χ0v) is 18.2. The normalized spacial score (nSPS) is 11.3. The second-order valence-electron chi connectivity index (χ2n) is 7.19. The lowest BCUT2D eigenvalue weighted by Gasteiger charge is -2.24. The minimum absolute atomic E-state index is 0.0742. The fraction of sp³-hybridized carbons (Fsp3) is 0.429. The van der Waals surface area contributed by atoms with Gasteiger partial charge in [-0.05, 0) is 37.1 Å². The number of carbonyl (C=O) groups is 2. The van der Waals surface area contributed by atoms with Gasteiger partial charge in [0.05, 0.1) is 11.1 Å². The largest absolute Gasteiger partial charge is 0.452 e. The minimum Gasteiger partial charge on any atom is -0.452 e. The molecule has 0 saturated heterocycles. The smallest absolute Gasteiger partial charge is 0.416 e. The number of benzene rings is 1. The summed E-state index contributed by atoms with van der Waals surface area (Å²) in [5, 5.41) is 0. The van der Waals surface area contributed by atoms with Gasteiger partial charge < -0.3 is 15.4 Å². The summed E-state index contributed by atoms with van der Waals surface area (Å²) in [5.41, 5.74) is 3.12. The summed E-state index contributed by atoms with van der Waals surface area (Å²) in [6.07, 6.45) is -2.85. The Morgan fingerprint density at radius 2 is 1.76 bits per heavy atom. The number of nitrogens with zero attached hydrogens (tertiary/aromatic N) is 2. The Morgan fingerprint density at radius 3 is 2.30 bits per heavy atom. The minimum atomic E-state index is -4.56. The van der Waals surface area contributed by atoms with Gasteiger partial charge in [0, 0.05) is 13.1 Å². The van der Waals surface area contributed by atoms with Gasteiger partial charge in [0.1, 0.15) is 5.82 Å². The van der Waals surface area contributed by atoms with Crippen molar-refractivity contribution in [3.05, 3.63) is 56.2 Å². The van der Waals surface area contributed by atoms with Gasteiger partial charge in [-0.2, -0.15) is 13.2 Å². The number of esters is 1. The van der Waals surface area contributed by atoms with Crippen LogP contribution in [0.25, 0.3) is 0 Å². The second-order valence-corrected chi connectivity index (χ2v) is 7.19. The quantitative estimate of drug-likeness (QED) is 0.542. The van der Waals surface area contributed by atoms with E-state index in [1.807, 2.05) is 6.92 Å². The molecular formula is C21H25F3N4O5. The van der Waals surface area contributed by atoms with Gasteiger partial charge in [-0.3, -0.25) is 19.1 Å². The van der Waals surface area contributed by atoms with Crippen LogP contribution in [0.3, 0.4) is 0 Å². The Morgan fingerprint density at radius 1 is 1.12 bits per heavy atom. The number of ether oxygens (including phenoxy) is 1. The molecule has 33 heavy (non-hydrogen) atoms. The third kappa shape index (κ3) is 6.24. The Labute approximate surface area is 187 Å². The van der Waals surface area contributed by atoms with Crippen LogP contribution in [0.1, 0.15) is 49.0 Å². The molecule has 1 aromatic heterocycles. The Bertz CT molecular complexity index is 1110. The number of aromatic amines is 1. The fourth-order valence-electron chi connectivity index (χ4n) is 3.05. The number of aromatic nitrogens is 2. The second kappa shape index (κ2) is 10.8. The number of hydrogen-bond donors (Lipinski definition) is 2. The highest BCUT2D eigenvalue weighted by atomic mass is 19.4. The molecule has 0 aliphatic rings. The van der Waals surface area contributed by atoms with Gasteiger partial charge in [0.15, 0.2) is 12.3 Å². The third-order valence-corrected chi connectivity index (χ3v) is 4.74. The molecule has 0 atom stereocenters. The van der Waals surface area contributed by atoms with Gasteiger partial charge in [0.25, 0.3) is 11.5 Å². The molecule has 9 nitrogen and oxygen atoms in total. The zero-order valence-electron chi connectivity index (χ0n) is 18.2. The van der Waals surface area contributed by atoms with E-state index in [9.17, 15) is 32.3 Å². The number of rotatable bonds is 9. The van der Waals surface area contributed by atoms with Crippen molar-refractivity contribution < 1.29 is 27.5 Å². The molecule has 12 heteroatoms. The Balaban J connectivity index is 2.25. The molecule has 2 aromatic rings. The molecule has 0 fully saturated rings. The SMILES string of the molecule is CCCCN(C(=O)COC(=O)c1ccc(C(F)(F)F)cc1)c1c(N)n(CCC)c(=O)[nH]c1=O. The van der Waals surface area contributed by atoms with E-state index in [1.54, 1.807) is 6.92 Å². The predicted molar refractivity (Wildman–Crippen MR) is 115 cm³/mol. The molecule has 180 valence electrons. The molecule has 0 aliphatic heterocycles. The summed E-state index contributed by atoms with van der Waals surface area (Å²) in [6, 6.07) is 3.33. The van der Waals surface area contributed by atoms with Crippen LogP contribution in [-0.2, 0) is 22.3 Å². The lowest BCUT2D eigenvalue weighted by atomic mass is 10.1. The number of H-pyrrole nitrogens is 1. The molecule has 0 unspecified atom stereocenters. The van der Waals surface area contributed by atoms with Crippen molar-refractivity contribution in [2.75, 3.05) is 23.8 Å². The monoisotopic (exact) mass is 470 g/mol. The summed E-state index contributed by atoms with van der Waals surface area (Å²) in [5.74, 6) is -1.97. The zero-order chi connectivity index (χ0) is 24.8. The molecule has 3 N–H and O–H groups in total. The lowest BCUT2D eigenvalue weighted by Crippen LogP contribution is -2.43. The van der Waals surface area contributed by atoms with E-state index in [-0.39, 0.29) is 30.2 Å². The predicted octanol–water partition coefficient (Wildman–Crippen LogP) is 2.54. The van der Waals surface area contributed by atoms with Crippen molar-refractivity contribution in [1.82, 2.24) is 9.55 Å². The van der Waals surface area contributed by atoms with Gasteiger partial charge in [-0.1, -0.05) is 20.3 Å². The highest BCUT2D eigenvalue weighted by molar-refractivity contribution is 5.98. The molecular weight excluding hydrogens is 445 g/mol. The van der Waals surface area contributed by atoms with Crippen LogP contribution >= 0.6 is 0 Å². The summed E-state index contributed by atoms with van der Waals surface area (Å²) in [6.45, 7) is 3.17.